The molecule has 0 aliphatic heterocycles. The summed E-state index contributed by atoms with van der Waals surface area (Å²) in [6, 6.07) is 7.75. The van der Waals surface area contributed by atoms with Crippen LogP contribution in [0.2, 0.25) is 0 Å². The summed E-state index contributed by atoms with van der Waals surface area (Å²) in [5, 5.41) is 0. The predicted molar refractivity (Wildman–Crippen MR) is 79.0 cm³/mol. The van der Waals surface area contributed by atoms with Crippen LogP contribution in [-0.4, -0.2) is 37.1 Å². The molecule has 0 bridgehead atoms. The molecule has 0 saturated heterocycles. The molecule has 0 spiro atoms. The first-order valence-corrected chi connectivity index (χ1v) is 6.89. The number of nitrogens with zero attached hydrogens (tertiary/aromatic N) is 2. The lowest BCUT2D eigenvalue weighted by Gasteiger charge is -2.19. The minimum atomic E-state index is 0.526. The second-order valence-corrected chi connectivity index (χ2v) is 4.63. The van der Waals surface area contributed by atoms with Crippen LogP contribution in [0.1, 0.15) is 13.8 Å². The van der Waals surface area contributed by atoms with Crippen molar-refractivity contribution in [1.82, 2.24) is 4.90 Å². The molecule has 0 aliphatic carbocycles. The molecule has 1 rings (SSSR count). The van der Waals surface area contributed by atoms with Crippen molar-refractivity contribution in [3.05, 3.63) is 28.7 Å². The Bertz CT molecular complexity index is 392. The fourth-order valence-electron chi connectivity index (χ4n) is 1.53. The Hall–Kier alpha value is -1.23. The third kappa shape index (κ3) is 4.96. The third-order valence-corrected chi connectivity index (χ3v) is 3.01. The number of hydrogen-bond donors (Lipinski definition) is 1. The van der Waals surface area contributed by atoms with Gasteiger partial charge in [0, 0.05) is 17.6 Å². The van der Waals surface area contributed by atoms with Crippen LogP contribution in [0.15, 0.2) is 33.7 Å². The second-order valence-electron chi connectivity index (χ2n) is 3.72. The number of rotatable bonds is 6. The average molecular weight is 314 g/mol. The molecular weight excluding hydrogens is 294 g/mol. The maximum absolute atomic E-state index is 5.86. The molecule has 18 heavy (non-hydrogen) atoms. The van der Waals surface area contributed by atoms with Crippen LogP contribution in [0.4, 0.5) is 0 Å². The van der Waals surface area contributed by atoms with Gasteiger partial charge in [0.15, 0.2) is 5.96 Å². The highest BCUT2D eigenvalue weighted by molar-refractivity contribution is 9.10. The monoisotopic (exact) mass is 313 g/mol. The van der Waals surface area contributed by atoms with Crippen molar-refractivity contribution in [3.8, 4) is 5.75 Å². The van der Waals surface area contributed by atoms with E-state index in [2.05, 4.69) is 34.8 Å². The Morgan fingerprint density at radius 1 is 1.39 bits per heavy atom. The van der Waals surface area contributed by atoms with E-state index in [0.29, 0.717) is 19.1 Å². The molecule has 100 valence electrons. The molecule has 0 atom stereocenters. The van der Waals surface area contributed by atoms with E-state index in [-0.39, 0.29) is 0 Å². The van der Waals surface area contributed by atoms with Crippen LogP contribution < -0.4 is 10.5 Å². The van der Waals surface area contributed by atoms with Gasteiger partial charge in [-0.15, -0.1) is 0 Å². The van der Waals surface area contributed by atoms with Gasteiger partial charge < -0.3 is 15.4 Å². The molecule has 0 aliphatic rings. The van der Waals surface area contributed by atoms with Crippen molar-refractivity contribution in [3.63, 3.8) is 0 Å². The number of ether oxygens (including phenoxy) is 1. The molecule has 0 unspecified atom stereocenters. The first-order chi connectivity index (χ1) is 8.67. The van der Waals surface area contributed by atoms with Crippen LogP contribution >= 0.6 is 15.9 Å². The van der Waals surface area contributed by atoms with Crippen molar-refractivity contribution in [2.24, 2.45) is 10.7 Å². The van der Waals surface area contributed by atoms with Crippen LogP contribution in [0.5, 0.6) is 5.75 Å². The standard InChI is InChI=1S/C13H20BrN3O/c1-3-17(4-2)13(15)16-8-9-18-12-7-5-6-11(14)10-12/h5-7,10H,3-4,8-9H2,1-2H3,(H2,15,16). The molecule has 0 fully saturated rings. The molecule has 0 amide bonds. The van der Waals surface area contributed by atoms with Gasteiger partial charge in [0.1, 0.15) is 12.4 Å². The smallest absolute Gasteiger partial charge is 0.191 e. The molecule has 1 aromatic carbocycles. The van der Waals surface area contributed by atoms with Crippen molar-refractivity contribution in [1.29, 1.82) is 0 Å². The Morgan fingerprint density at radius 2 is 2.11 bits per heavy atom. The van der Waals surface area contributed by atoms with E-state index < -0.39 is 0 Å². The fourth-order valence-corrected chi connectivity index (χ4v) is 1.91. The zero-order valence-electron chi connectivity index (χ0n) is 10.9. The highest BCUT2D eigenvalue weighted by Gasteiger charge is 2.01. The average Bonchev–Trinajstić information content (AvgIpc) is 2.36. The van der Waals surface area contributed by atoms with Gasteiger partial charge in [-0.1, -0.05) is 22.0 Å². The maximum atomic E-state index is 5.86. The first-order valence-electron chi connectivity index (χ1n) is 6.10. The van der Waals surface area contributed by atoms with Crippen LogP contribution in [-0.2, 0) is 0 Å². The summed E-state index contributed by atoms with van der Waals surface area (Å²) in [5.74, 6) is 1.42. The normalized spacial score (nSPS) is 11.4. The number of aliphatic imine (C=N–C) groups is 1. The molecule has 0 radical (unpaired) electrons. The zero-order valence-corrected chi connectivity index (χ0v) is 12.5. The molecule has 4 nitrogen and oxygen atoms in total. The zero-order chi connectivity index (χ0) is 13.4. The summed E-state index contributed by atoms with van der Waals surface area (Å²) in [6.45, 7) is 6.96. The highest BCUT2D eigenvalue weighted by atomic mass is 79.9. The summed E-state index contributed by atoms with van der Waals surface area (Å²) < 4.78 is 6.58. The quantitative estimate of drug-likeness (QED) is 0.498. The number of guanidine groups is 1. The Labute approximate surface area is 117 Å². The van der Waals surface area contributed by atoms with E-state index in [4.69, 9.17) is 10.5 Å². The lowest BCUT2D eigenvalue weighted by Crippen LogP contribution is -2.37. The number of halogens is 1. The van der Waals surface area contributed by atoms with E-state index >= 15 is 0 Å². The Morgan fingerprint density at radius 3 is 2.72 bits per heavy atom. The van der Waals surface area contributed by atoms with E-state index in [0.717, 1.165) is 23.3 Å². The summed E-state index contributed by atoms with van der Waals surface area (Å²) >= 11 is 3.40. The number of nitrogens with two attached hydrogens (primary N) is 1. The number of benzene rings is 1. The summed E-state index contributed by atoms with van der Waals surface area (Å²) in [7, 11) is 0. The van der Waals surface area contributed by atoms with Gasteiger partial charge in [-0.25, -0.2) is 4.99 Å². The van der Waals surface area contributed by atoms with Crippen LogP contribution in [0.3, 0.4) is 0 Å². The van der Waals surface area contributed by atoms with Gasteiger partial charge in [0.05, 0.1) is 6.54 Å². The lowest BCUT2D eigenvalue weighted by molar-refractivity contribution is 0.327. The van der Waals surface area contributed by atoms with Crippen molar-refractivity contribution < 1.29 is 4.74 Å². The van der Waals surface area contributed by atoms with Gasteiger partial charge in [-0.05, 0) is 32.0 Å². The largest absolute Gasteiger partial charge is 0.492 e. The van der Waals surface area contributed by atoms with Gasteiger partial charge in [-0.3, -0.25) is 0 Å². The molecule has 0 saturated carbocycles. The Balaban J connectivity index is 2.36. The van der Waals surface area contributed by atoms with E-state index in [9.17, 15) is 0 Å². The summed E-state index contributed by atoms with van der Waals surface area (Å²) in [5.41, 5.74) is 5.86. The molecule has 5 heteroatoms. The Kier molecular flexibility index (Phi) is 6.57. The van der Waals surface area contributed by atoms with E-state index in [1.54, 1.807) is 0 Å². The topological polar surface area (TPSA) is 50.8 Å². The molecular formula is C13H20BrN3O. The van der Waals surface area contributed by atoms with E-state index in [1.807, 2.05) is 29.2 Å². The molecule has 1 aromatic rings. The van der Waals surface area contributed by atoms with Gasteiger partial charge in [0.25, 0.3) is 0 Å². The molecule has 0 heterocycles. The van der Waals surface area contributed by atoms with Crippen LogP contribution in [0, 0.1) is 0 Å². The van der Waals surface area contributed by atoms with Crippen molar-refractivity contribution in [2.75, 3.05) is 26.2 Å². The first kappa shape index (κ1) is 14.8. The fraction of sp³-hybridized carbons (Fsp3) is 0.462. The summed E-state index contributed by atoms with van der Waals surface area (Å²) in [6.07, 6.45) is 0. The minimum absolute atomic E-state index is 0.526. The summed E-state index contributed by atoms with van der Waals surface area (Å²) in [4.78, 5) is 6.30. The minimum Gasteiger partial charge on any atom is -0.492 e. The van der Waals surface area contributed by atoms with Crippen molar-refractivity contribution in [2.45, 2.75) is 13.8 Å². The van der Waals surface area contributed by atoms with Gasteiger partial charge in [-0.2, -0.15) is 0 Å². The van der Waals surface area contributed by atoms with Crippen molar-refractivity contribution >= 4 is 21.9 Å². The predicted octanol–water partition coefficient (Wildman–Crippen LogP) is 2.48. The maximum Gasteiger partial charge on any atom is 0.191 e. The third-order valence-electron chi connectivity index (χ3n) is 2.52. The highest BCUT2D eigenvalue weighted by Crippen LogP contribution is 2.17. The molecule has 2 N–H and O–H groups in total. The lowest BCUT2D eigenvalue weighted by atomic mass is 10.3. The van der Waals surface area contributed by atoms with E-state index in [1.165, 1.54) is 0 Å². The number of hydrogen-bond acceptors (Lipinski definition) is 2. The SMILES string of the molecule is CCN(CC)C(N)=NCCOc1cccc(Br)c1. The molecule has 0 aromatic heterocycles. The van der Waals surface area contributed by atoms with Gasteiger partial charge >= 0.3 is 0 Å². The van der Waals surface area contributed by atoms with Crippen LogP contribution in [0.25, 0.3) is 0 Å². The van der Waals surface area contributed by atoms with Gasteiger partial charge in [0.2, 0.25) is 0 Å². The second kappa shape index (κ2) is 7.97.